The lowest BCUT2D eigenvalue weighted by molar-refractivity contribution is 0.931. The number of hydrogen-bond donors (Lipinski definition) is 1. The van der Waals surface area contributed by atoms with Crippen molar-refractivity contribution < 1.29 is 0 Å². The van der Waals surface area contributed by atoms with Crippen molar-refractivity contribution >= 4 is 23.1 Å². The van der Waals surface area contributed by atoms with Gasteiger partial charge in [0, 0.05) is 17.7 Å². The average molecular weight is 271 g/mol. The Morgan fingerprint density at radius 2 is 2.11 bits per heavy atom. The first-order valence-electron chi connectivity index (χ1n) is 6.06. The van der Waals surface area contributed by atoms with E-state index in [9.17, 15) is 0 Å². The minimum absolute atomic E-state index is 0.441. The molecule has 1 heterocycles. The van der Waals surface area contributed by atoms with E-state index in [1.165, 1.54) is 0 Å². The largest absolute Gasteiger partial charge is 0.340 e. The lowest BCUT2D eigenvalue weighted by Gasteiger charge is -2.07. The van der Waals surface area contributed by atoms with Gasteiger partial charge in [-0.25, -0.2) is 9.97 Å². The highest BCUT2D eigenvalue weighted by Crippen LogP contribution is 2.38. The van der Waals surface area contributed by atoms with Crippen LogP contribution in [-0.4, -0.2) is 9.97 Å². The second kappa shape index (κ2) is 4.87. The topological polar surface area (TPSA) is 61.6 Å². The van der Waals surface area contributed by atoms with E-state index in [2.05, 4.69) is 21.4 Å². The Hall–Kier alpha value is -2.12. The molecule has 1 N–H and O–H groups in total. The van der Waals surface area contributed by atoms with Crippen molar-refractivity contribution in [3.05, 3.63) is 46.9 Å². The minimum Gasteiger partial charge on any atom is -0.340 e. The number of nitriles is 1. The van der Waals surface area contributed by atoms with E-state index in [-0.39, 0.29) is 0 Å². The molecule has 0 unspecified atom stereocenters. The van der Waals surface area contributed by atoms with Gasteiger partial charge >= 0.3 is 0 Å². The number of nitrogens with zero attached hydrogens (tertiary/aromatic N) is 3. The van der Waals surface area contributed by atoms with Gasteiger partial charge in [-0.2, -0.15) is 5.26 Å². The maximum atomic E-state index is 8.87. The molecule has 5 heteroatoms. The second-order valence-corrected chi connectivity index (χ2v) is 4.91. The quantitative estimate of drug-likeness (QED) is 0.865. The maximum absolute atomic E-state index is 8.87. The summed E-state index contributed by atoms with van der Waals surface area (Å²) in [5.74, 6) is 1.91. The van der Waals surface area contributed by atoms with Crippen LogP contribution in [0.5, 0.6) is 0 Å². The Kier molecular flexibility index (Phi) is 3.06. The zero-order valence-electron chi connectivity index (χ0n) is 10.1. The Morgan fingerprint density at radius 3 is 2.84 bits per heavy atom. The molecule has 0 radical (unpaired) electrons. The summed E-state index contributed by atoms with van der Waals surface area (Å²) in [6, 6.07) is 11.0. The van der Waals surface area contributed by atoms with Crippen LogP contribution in [0.4, 0.5) is 11.5 Å². The molecular weight excluding hydrogens is 260 g/mol. The second-order valence-electron chi connectivity index (χ2n) is 4.53. The van der Waals surface area contributed by atoms with Gasteiger partial charge in [0.05, 0.1) is 11.6 Å². The molecule has 3 rings (SSSR count). The van der Waals surface area contributed by atoms with Gasteiger partial charge in [0.25, 0.3) is 0 Å². The molecule has 1 aromatic carbocycles. The van der Waals surface area contributed by atoms with E-state index >= 15 is 0 Å². The van der Waals surface area contributed by atoms with Crippen LogP contribution in [-0.2, 0) is 0 Å². The molecule has 1 fully saturated rings. The van der Waals surface area contributed by atoms with Crippen molar-refractivity contribution in [2.75, 3.05) is 5.32 Å². The highest BCUT2D eigenvalue weighted by molar-refractivity contribution is 6.29. The minimum atomic E-state index is 0.441. The third-order valence-electron chi connectivity index (χ3n) is 2.92. The fourth-order valence-electron chi connectivity index (χ4n) is 1.84. The predicted octanol–water partition coefficient (Wildman–Crippen LogP) is 3.62. The third kappa shape index (κ3) is 2.83. The summed E-state index contributed by atoms with van der Waals surface area (Å²) in [5, 5.41) is 12.5. The van der Waals surface area contributed by atoms with Gasteiger partial charge in [0.1, 0.15) is 16.8 Å². The van der Waals surface area contributed by atoms with Gasteiger partial charge < -0.3 is 5.32 Å². The van der Waals surface area contributed by atoms with Crippen LogP contribution in [0.15, 0.2) is 30.3 Å². The van der Waals surface area contributed by atoms with E-state index in [4.69, 9.17) is 16.9 Å². The number of benzene rings is 1. The van der Waals surface area contributed by atoms with Crippen LogP contribution in [0, 0.1) is 11.3 Å². The summed E-state index contributed by atoms with van der Waals surface area (Å²) in [7, 11) is 0. The van der Waals surface area contributed by atoms with Crippen LogP contribution < -0.4 is 5.32 Å². The summed E-state index contributed by atoms with van der Waals surface area (Å²) in [5.41, 5.74) is 1.42. The molecule has 1 aliphatic carbocycles. The molecule has 0 atom stereocenters. The molecule has 2 aromatic rings. The molecule has 19 heavy (non-hydrogen) atoms. The fourth-order valence-corrected chi connectivity index (χ4v) is 2.03. The van der Waals surface area contributed by atoms with E-state index < -0.39 is 0 Å². The number of anilines is 2. The molecule has 4 nitrogen and oxygen atoms in total. The lowest BCUT2D eigenvalue weighted by atomic mass is 10.2. The molecule has 1 aliphatic rings. The molecular formula is C14H11ClN4. The van der Waals surface area contributed by atoms with Gasteiger partial charge in [0.15, 0.2) is 0 Å². The third-order valence-corrected chi connectivity index (χ3v) is 3.11. The number of hydrogen-bond acceptors (Lipinski definition) is 4. The molecule has 1 aromatic heterocycles. The lowest BCUT2D eigenvalue weighted by Crippen LogP contribution is -1.99. The predicted molar refractivity (Wildman–Crippen MR) is 73.5 cm³/mol. The molecule has 0 bridgehead atoms. The molecule has 0 saturated heterocycles. The van der Waals surface area contributed by atoms with Gasteiger partial charge in [-0.1, -0.05) is 17.7 Å². The monoisotopic (exact) mass is 270 g/mol. The van der Waals surface area contributed by atoms with Crippen molar-refractivity contribution in [2.45, 2.75) is 18.8 Å². The van der Waals surface area contributed by atoms with Crippen molar-refractivity contribution in [3.63, 3.8) is 0 Å². The van der Waals surface area contributed by atoms with Crippen molar-refractivity contribution in [1.82, 2.24) is 9.97 Å². The maximum Gasteiger partial charge on any atom is 0.135 e. The Morgan fingerprint density at radius 1 is 1.26 bits per heavy atom. The Balaban J connectivity index is 1.88. The van der Waals surface area contributed by atoms with Crippen LogP contribution in [0.25, 0.3) is 0 Å². The number of aromatic nitrogens is 2. The van der Waals surface area contributed by atoms with Crippen LogP contribution in [0.2, 0.25) is 5.15 Å². The highest BCUT2D eigenvalue weighted by atomic mass is 35.5. The number of halogens is 1. The fraction of sp³-hybridized carbons (Fsp3) is 0.214. The van der Waals surface area contributed by atoms with E-state index in [1.807, 2.05) is 12.1 Å². The Labute approximate surface area is 116 Å². The highest BCUT2D eigenvalue weighted by Gasteiger charge is 2.27. The molecule has 94 valence electrons. The average Bonchev–Trinajstić information content (AvgIpc) is 3.22. The van der Waals surface area contributed by atoms with Gasteiger partial charge in [-0.15, -0.1) is 0 Å². The normalized spacial score (nSPS) is 13.9. The van der Waals surface area contributed by atoms with Crippen molar-refractivity contribution in [3.8, 4) is 6.07 Å². The van der Waals surface area contributed by atoms with Crippen LogP contribution in [0.3, 0.4) is 0 Å². The van der Waals surface area contributed by atoms with Crippen LogP contribution in [0.1, 0.15) is 30.1 Å². The van der Waals surface area contributed by atoms with Crippen molar-refractivity contribution in [2.24, 2.45) is 0 Å². The first-order chi connectivity index (χ1) is 9.24. The SMILES string of the molecule is N#Cc1cccc(Nc2cc(Cl)nc(C3CC3)n2)c1. The number of rotatable bonds is 3. The standard InChI is InChI=1S/C14H11ClN4/c15-12-7-13(19-14(18-12)10-4-5-10)17-11-3-1-2-9(6-11)8-16/h1-3,6-7,10H,4-5H2,(H,17,18,19). The molecule has 0 aliphatic heterocycles. The van der Waals surface area contributed by atoms with Crippen LogP contribution >= 0.6 is 11.6 Å². The van der Waals surface area contributed by atoms with E-state index in [0.29, 0.717) is 22.5 Å². The summed E-state index contributed by atoms with van der Waals surface area (Å²) >= 11 is 6.00. The zero-order valence-corrected chi connectivity index (χ0v) is 10.9. The van der Waals surface area contributed by atoms with Gasteiger partial charge in [-0.3, -0.25) is 0 Å². The summed E-state index contributed by atoms with van der Waals surface area (Å²) < 4.78 is 0. The zero-order chi connectivity index (χ0) is 13.2. The van der Waals surface area contributed by atoms with Gasteiger partial charge in [0.2, 0.25) is 0 Å². The number of nitrogens with one attached hydrogen (secondary N) is 1. The van der Waals surface area contributed by atoms with Crippen molar-refractivity contribution in [1.29, 1.82) is 5.26 Å². The Bertz CT molecular complexity index is 659. The first-order valence-corrected chi connectivity index (χ1v) is 6.44. The van der Waals surface area contributed by atoms with E-state index in [0.717, 1.165) is 24.4 Å². The smallest absolute Gasteiger partial charge is 0.135 e. The molecule has 0 spiro atoms. The summed E-state index contributed by atoms with van der Waals surface area (Å²) in [6.07, 6.45) is 2.26. The summed E-state index contributed by atoms with van der Waals surface area (Å²) in [4.78, 5) is 8.69. The molecule has 1 saturated carbocycles. The van der Waals surface area contributed by atoms with Gasteiger partial charge in [-0.05, 0) is 31.0 Å². The first kappa shape index (κ1) is 11.9. The summed E-state index contributed by atoms with van der Waals surface area (Å²) in [6.45, 7) is 0. The van der Waals surface area contributed by atoms with E-state index in [1.54, 1.807) is 18.2 Å². The molecule has 0 amide bonds.